The maximum Gasteiger partial charge on any atom is 0.269 e. The second-order valence-electron chi connectivity index (χ2n) is 7.23. The summed E-state index contributed by atoms with van der Waals surface area (Å²) >= 11 is 0. The molecule has 0 bridgehead atoms. The van der Waals surface area contributed by atoms with Gasteiger partial charge in [-0.1, -0.05) is 24.3 Å². The first kappa shape index (κ1) is 20.3. The van der Waals surface area contributed by atoms with Gasteiger partial charge in [-0.05, 0) is 47.5 Å². The zero-order chi connectivity index (χ0) is 22.0. The van der Waals surface area contributed by atoms with Gasteiger partial charge in [-0.25, -0.2) is 0 Å². The summed E-state index contributed by atoms with van der Waals surface area (Å²) in [5.41, 5.74) is 3.97. The number of nitro benzene ring substituents is 1. The molecule has 0 saturated heterocycles. The monoisotopic (exact) mass is 415 g/mol. The fourth-order valence-corrected chi connectivity index (χ4v) is 3.84. The van der Waals surface area contributed by atoms with Gasteiger partial charge in [0.05, 0.1) is 35.2 Å². The van der Waals surface area contributed by atoms with Crippen molar-refractivity contribution in [3.05, 3.63) is 94.0 Å². The normalized spacial score (nSPS) is 15.5. The van der Waals surface area contributed by atoms with Crippen LogP contribution in [-0.2, 0) is 4.79 Å². The first-order chi connectivity index (χ1) is 15.0. The van der Waals surface area contributed by atoms with E-state index in [9.17, 15) is 14.9 Å². The van der Waals surface area contributed by atoms with Gasteiger partial charge in [-0.3, -0.25) is 19.9 Å². The third-order valence-corrected chi connectivity index (χ3v) is 5.35. The second kappa shape index (κ2) is 8.39. The molecule has 7 nitrogen and oxygen atoms in total. The van der Waals surface area contributed by atoms with Gasteiger partial charge in [0.1, 0.15) is 5.75 Å². The number of rotatable bonds is 4. The Balaban J connectivity index is 1.85. The number of amides is 1. The molecule has 1 heterocycles. The van der Waals surface area contributed by atoms with Gasteiger partial charge in [0.25, 0.3) is 5.69 Å². The van der Waals surface area contributed by atoms with Gasteiger partial charge in [0.2, 0.25) is 5.91 Å². The van der Waals surface area contributed by atoms with Crippen LogP contribution in [0, 0.1) is 10.1 Å². The number of aliphatic imine (C=N–C) groups is 1. The SMILES string of the molecule is COc1ccc(C2=Nc3ccccc3N(C(C)=O)C(c3ccc([N+](=O)[O-])cc3)C2)cc1. The van der Waals surface area contributed by atoms with Gasteiger partial charge >= 0.3 is 0 Å². The molecule has 1 aliphatic heterocycles. The number of ether oxygens (including phenoxy) is 1. The summed E-state index contributed by atoms with van der Waals surface area (Å²) in [6.07, 6.45) is 0.457. The number of para-hydroxylation sites is 2. The molecule has 0 spiro atoms. The smallest absolute Gasteiger partial charge is 0.269 e. The molecular weight excluding hydrogens is 394 g/mol. The Morgan fingerprint density at radius 2 is 1.74 bits per heavy atom. The molecule has 0 radical (unpaired) electrons. The molecule has 3 aromatic rings. The summed E-state index contributed by atoms with van der Waals surface area (Å²) in [7, 11) is 1.61. The second-order valence-corrected chi connectivity index (χ2v) is 7.23. The van der Waals surface area contributed by atoms with Crippen molar-refractivity contribution in [1.82, 2.24) is 0 Å². The van der Waals surface area contributed by atoms with E-state index in [0.717, 1.165) is 22.6 Å². The first-order valence-electron chi connectivity index (χ1n) is 9.83. The lowest BCUT2D eigenvalue weighted by molar-refractivity contribution is -0.384. The minimum atomic E-state index is -0.431. The van der Waals surface area contributed by atoms with Crippen molar-refractivity contribution in [3.63, 3.8) is 0 Å². The van der Waals surface area contributed by atoms with E-state index in [1.165, 1.54) is 19.1 Å². The fourth-order valence-electron chi connectivity index (χ4n) is 3.84. The fraction of sp³-hybridized carbons (Fsp3) is 0.167. The highest BCUT2D eigenvalue weighted by molar-refractivity contribution is 6.07. The van der Waals surface area contributed by atoms with E-state index in [-0.39, 0.29) is 17.6 Å². The highest BCUT2D eigenvalue weighted by Gasteiger charge is 2.31. The van der Waals surface area contributed by atoms with Gasteiger partial charge in [-0.15, -0.1) is 0 Å². The average molecular weight is 415 g/mol. The summed E-state index contributed by atoms with van der Waals surface area (Å²) in [6, 6.07) is 21.1. The minimum Gasteiger partial charge on any atom is -0.497 e. The molecule has 1 aliphatic rings. The van der Waals surface area contributed by atoms with E-state index >= 15 is 0 Å². The number of non-ortho nitro benzene ring substituents is 1. The van der Waals surface area contributed by atoms with Crippen LogP contribution in [-0.4, -0.2) is 23.7 Å². The Bertz CT molecular complexity index is 1150. The van der Waals surface area contributed by atoms with E-state index in [1.807, 2.05) is 48.5 Å². The minimum absolute atomic E-state index is 0.0104. The summed E-state index contributed by atoms with van der Waals surface area (Å²) in [5.74, 6) is 0.623. The van der Waals surface area contributed by atoms with Crippen LogP contribution in [0.25, 0.3) is 0 Å². The van der Waals surface area contributed by atoms with Gasteiger partial charge in [0.15, 0.2) is 0 Å². The molecule has 0 aromatic heterocycles. The van der Waals surface area contributed by atoms with E-state index < -0.39 is 4.92 Å². The predicted octanol–water partition coefficient (Wildman–Crippen LogP) is 5.22. The zero-order valence-electron chi connectivity index (χ0n) is 17.2. The number of methoxy groups -OCH3 is 1. The van der Waals surface area contributed by atoms with Crippen molar-refractivity contribution in [3.8, 4) is 5.75 Å². The molecule has 156 valence electrons. The van der Waals surface area contributed by atoms with E-state index in [2.05, 4.69) is 0 Å². The Kier molecular flexibility index (Phi) is 5.49. The predicted molar refractivity (Wildman–Crippen MR) is 119 cm³/mol. The standard InChI is InChI=1S/C24H21N3O4/c1-16(28)26-23-6-4-3-5-21(23)25-22(17-9-13-20(31-2)14-10-17)15-24(26)18-7-11-19(12-8-18)27(29)30/h3-14,24H,15H2,1-2H3. The highest BCUT2D eigenvalue weighted by Crippen LogP contribution is 2.41. The lowest BCUT2D eigenvalue weighted by Gasteiger charge is -2.30. The Morgan fingerprint density at radius 1 is 1.06 bits per heavy atom. The van der Waals surface area contributed by atoms with Gasteiger partial charge in [0, 0.05) is 25.5 Å². The maximum atomic E-state index is 12.8. The number of nitrogens with zero attached hydrogens (tertiary/aromatic N) is 3. The summed E-state index contributed by atoms with van der Waals surface area (Å²) < 4.78 is 5.26. The molecule has 3 aromatic carbocycles. The number of anilines is 1. The molecule has 0 fully saturated rings. The van der Waals surface area contributed by atoms with Crippen LogP contribution in [0.5, 0.6) is 5.75 Å². The maximum absolute atomic E-state index is 12.8. The first-order valence-corrected chi connectivity index (χ1v) is 9.83. The van der Waals surface area contributed by atoms with Crippen molar-refractivity contribution < 1.29 is 14.5 Å². The van der Waals surface area contributed by atoms with E-state index in [0.29, 0.717) is 17.8 Å². The number of carbonyl (C=O) groups is 1. The third-order valence-electron chi connectivity index (χ3n) is 5.35. The zero-order valence-corrected chi connectivity index (χ0v) is 17.2. The van der Waals surface area contributed by atoms with Crippen LogP contribution in [0.2, 0.25) is 0 Å². The van der Waals surface area contributed by atoms with E-state index in [4.69, 9.17) is 9.73 Å². The van der Waals surface area contributed by atoms with Crippen LogP contribution in [0.15, 0.2) is 77.8 Å². The number of hydrogen-bond donors (Lipinski definition) is 0. The van der Waals surface area contributed by atoms with Crippen LogP contribution in [0.3, 0.4) is 0 Å². The Morgan fingerprint density at radius 3 is 2.35 bits per heavy atom. The molecule has 31 heavy (non-hydrogen) atoms. The van der Waals surface area contributed by atoms with Crippen LogP contribution in [0.1, 0.15) is 30.5 Å². The molecule has 0 aliphatic carbocycles. The van der Waals surface area contributed by atoms with Crippen molar-refractivity contribution in [2.24, 2.45) is 4.99 Å². The van der Waals surface area contributed by atoms with Crippen molar-refractivity contribution in [1.29, 1.82) is 0 Å². The third kappa shape index (κ3) is 4.02. The molecule has 0 N–H and O–H groups in total. The van der Waals surface area contributed by atoms with Crippen LogP contribution < -0.4 is 9.64 Å². The number of benzene rings is 3. The van der Waals surface area contributed by atoms with Crippen molar-refractivity contribution >= 4 is 28.7 Å². The van der Waals surface area contributed by atoms with Crippen LogP contribution in [0.4, 0.5) is 17.1 Å². The highest BCUT2D eigenvalue weighted by atomic mass is 16.6. The number of nitro groups is 1. The quantitative estimate of drug-likeness (QED) is 0.432. The van der Waals surface area contributed by atoms with Gasteiger partial charge < -0.3 is 9.64 Å². The Hall–Kier alpha value is -4.00. The summed E-state index contributed by atoms with van der Waals surface area (Å²) in [5, 5.41) is 11.1. The molecule has 1 atom stereocenters. The van der Waals surface area contributed by atoms with Gasteiger partial charge in [-0.2, -0.15) is 0 Å². The van der Waals surface area contributed by atoms with Crippen molar-refractivity contribution in [2.75, 3.05) is 12.0 Å². The lowest BCUT2D eigenvalue weighted by Crippen LogP contribution is -2.33. The number of fused-ring (bicyclic) bond motifs is 1. The molecule has 4 rings (SSSR count). The molecule has 1 amide bonds. The lowest BCUT2D eigenvalue weighted by atomic mass is 9.95. The van der Waals surface area contributed by atoms with E-state index in [1.54, 1.807) is 24.1 Å². The molecule has 1 unspecified atom stereocenters. The van der Waals surface area contributed by atoms with Crippen molar-refractivity contribution in [2.45, 2.75) is 19.4 Å². The summed E-state index contributed by atoms with van der Waals surface area (Å²) in [6.45, 7) is 1.52. The molecular formula is C24H21N3O4. The van der Waals surface area contributed by atoms with Crippen LogP contribution >= 0.6 is 0 Å². The largest absolute Gasteiger partial charge is 0.497 e. The Labute approximate surface area is 179 Å². The number of carbonyl (C=O) groups excluding carboxylic acids is 1. The number of hydrogen-bond acceptors (Lipinski definition) is 5. The molecule has 7 heteroatoms. The molecule has 0 saturated carbocycles. The average Bonchev–Trinajstić information content (AvgIpc) is 2.96. The summed E-state index contributed by atoms with van der Waals surface area (Å²) in [4.78, 5) is 30.0. The topological polar surface area (TPSA) is 85.0 Å².